The highest BCUT2D eigenvalue weighted by atomic mass is 16.2. The van der Waals surface area contributed by atoms with Crippen molar-refractivity contribution >= 4 is 11.9 Å². The molecule has 1 aromatic heterocycles. The number of imidazole rings is 1. The van der Waals surface area contributed by atoms with Gasteiger partial charge in [0.25, 0.3) is 0 Å². The lowest BCUT2D eigenvalue weighted by atomic mass is 9.72. The molecule has 0 bridgehead atoms. The molecule has 0 radical (unpaired) electrons. The second kappa shape index (κ2) is 7.89. The summed E-state index contributed by atoms with van der Waals surface area (Å²) in [6.07, 6.45) is 8.82. The fourth-order valence-electron chi connectivity index (χ4n) is 3.92. The third-order valence-corrected chi connectivity index (χ3v) is 5.59. The van der Waals surface area contributed by atoms with Gasteiger partial charge < -0.3 is 20.1 Å². The van der Waals surface area contributed by atoms with Gasteiger partial charge in [0.1, 0.15) is 0 Å². The van der Waals surface area contributed by atoms with Gasteiger partial charge in [0.2, 0.25) is 5.91 Å². The fraction of sp³-hybridized carbons (Fsp3) is 0.722. The zero-order valence-electron chi connectivity index (χ0n) is 15.1. The van der Waals surface area contributed by atoms with E-state index in [-0.39, 0.29) is 17.4 Å². The highest BCUT2D eigenvalue weighted by molar-refractivity contribution is 5.77. The molecule has 138 valence electrons. The van der Waals surface area contributed by atoms with Crippen LogP contribution in [0.1, 0.15) is 44.7 Å². The molecule has 0 aliphatic carbocycles. The Kier molecular flexibility index (Phi) is 5.60. The maximum absolute atomic E-state index is 12.3. The van der Waals surface area contributed by atoms with Crippen molar-refractivity contribution in [2.24, 2.45) is 5.41 Å². The number of amides is 3. The Morgan fingerprint density at radius 1 is 1.36 bits per heavy atom. The lowest BCUT2D eigenvalue weighted by Gasteiger charge is -2.47. The number of aromatic nitrogens is 2. The minimum absolute atomic E-state index is 0.0553. The van der Waals surface area contributed by atoms with E-state index in [9.17, 15) is 9.59 Å². The maximum Gasteiger partial charge on any atom is 0.317 e. The predicted molar refractivity (Wildman–Crippen MR) is 95.0 cm³/mol. The molecule has 1 aromatic rings. The normalized spacial score (nSPS) is 20.1. The number of nitrogens with zero attached hydrogens (tertiary/aromatic N) is 3. The average Bonchev–Trinajstić information content (AvgIpc) is 3.15. The number of likely N-dealkylation sites (tertiary alicyclic amines) is 2. The molecule has 3 amide bonds. The molecule has 2 saturated heterocycles. The molecule has 3 heterocycles. The van der Waals surface area contributed by atoms with Crippen LogP contribution in [0.15, 0.2) is 12.5 Å². The number of aromatic amines is 1. The van der Waals surface area contributed by atoms with E-state index in [0.29, 0.717) is 6.42 Å². The Hall–Kier alpha value is -2.05. The second-order valence-corrected chi connectivity index (χ2v) is 7.36. The number of carbonyl (C=O) groups is 2. The summed E-state index contributed by atoms with van der Waals surface area (Å²) in [6, 6.07) is 0.0553. The lowest BCUT2D eigenvalue weighted by molar-refractivity contribution is -0.138. The van der Waals surface area contributed by atoms with Gasteiger partial charge in [0, 0.05) is 57.5 Å². The van der Waals surface area contributed by atoms with Gasteiger partial charge in [-0.15, -0.1) is 0 Å². The van der Waals surface area contributed by atoms with Crippen molar-refractivity contribution in [1.29, 1.82) is 0 Å². The molecular weight excluding hydrogens is 318 g/mol. The first kappa shape index (κ1) is 17.8. The first-order valence-corrected chi connectivity index (χ1v) is 9.40. The summed E-state index contributed by atoms with van der Waals surface area (Å²) in [5, 5.41) is 2.96. The Labute approximate surface area is 149 Å². The van der Waals surface area contributed by atoms with Gasteiger partial charge >= 0.3 is 6.03 Å². The van der Waals surface area contributed by atoms with Crippen LogP contribution in [0.3, 0.4) is 0 Å². The van der Waals surface area contributed by atoms with Gasteiger partial charge in [0.05, 0.1) is 6.33 Å². The van der Waals surface area contributed by atoms with Crippen molar-refractivity contribution in [3.63, 3.8) is 0 Å². The van der Waals surface area contributed by atoms with Crippen molar-refractivity contribution in [2.45, 2.75) is 45.4 Å². The zero-order chi connectivity index (χ0) is 17.7. The van der Waals surface area contributed by atoms with E-state index in [1.165, 1.54) is 0 Å². The van der Waals surface area contributed by atoms with E-state index in [1.54, 1.807) is 6.33 Å². The molecule has 0 saturated carbocycles. The number of rotatable bonds is 5. The number of hydrogen-bond donors (Lipinski definition) is 2. The summed E-state index contributed by atoms with van der Waals surface area (Å²) in [4.78, 5) is 35.5. The molecule has 0 aromatic carbocycles. The number of H-pyrrole nitrogens is 1. The van der Waals surface area contributed by atoms with Crippen LogP contribution in [-0.2, 0) is 11.2 Å². The predicted octanol–water partition coefficient (Wildman–Crippen LogP) is 1.78. The molecule has 2 aliphatic rings. The van der Waals surface area contributed by atoms with Gasteiger partial charge in [-0.3, -0.25) is 4.79 Å². The quantitative estimate of drug-likeness (QED) is 0.852. The van der Waals surface area contributed by atoms with Crippen molar-refractivity contribution in [2.75, 3.05) is 32.7 Å². The van der Waals surface area contributed by atoms with Crippen molar-refractivity contribution in [3.05, 3.63) is 18.2 Å². The summed E-state index contributed by atoms with van der Waals surface area (Å²) in [6.45, 7) is 5.93. The first-order chi connectivity index (χ1) is 12.1. The Morgan fingerprint density at radius 3 is 2.84 bits per heavy atom. The largest absolute Gasteiger partial charge is 0.348 e. The molecule has 2 fully saturated rings. The average molecular weight is 347 g/mol. The minimum Gasteiger partial charge on any atom is -0.348 e. The van der Waals surface area contributed by atoms with Crippen molar-refractivity contribution in [3.8, 4) is 0 Å². The van der Waals surface area contributed by atoms with Crippen molar-refractivity contribution < 1.29 is 9.59 Å². The topological polar surface area (TPSA) is 81.3 Å². The molecule has 3 rings (SSSR count). The molecule has 2 N–H and O–H groups in total. The molecule has 0 atom stereocenters. The summed E-state index contributed by atoms with van der Waals surface area (Å²) in [7, 11) is 0. The molecule has 1 spiro atoms. The summed E-state index contributed by atoms with van der Waals surface area (Å²) in [5.41, 5.74) is 1.25. The number of piperidine rings is 2. The van der Waals surface area contributed by atoms with E-state index in [4.69, 9.17) is 0 Å². The van der Waals surface area contributed by atoms with Gasteiger partial charge in [-0.05, 0) is 31.1 Å². The van der Waals surface area contributed by atoms with Gasteiger partial charge in [0.15, 0.2) is 0 Å². The number of nitrogens with one attached hydrogen (secondary N) is 2. The van der Waals surface area contributed by atoms with Crippen LogP contribution >= 0.6 is 0 Å². The molecule has 25 heavy (non-hydrogen) atoms. The highest BCUT2D eigenvalue weighted by Gasteiger charge is 2.41. The van der Waals surface area contributed by atoms with Crippen LogP contribution < -0.4 is 5.32 Å². The van der Waals surface area contributed by atoms with Crippen LogP contribution in [-0.4, -0.2) is 64.4 Å². The third kappa shape index (κ3) is 4.32. The smallest absolute Gasteiger partial charge is 0.317 e. The lowest BCUT2D eigenvalue weighted by Crippen LogP contribution is -2.54. The maximum atomic E-state index is 12.3. The van der Waals surface area contributed by atoms with Crippen LogP contribution in [0.4, 0.5) is 4.79 Å². The van der Waals surface area contributed by atoms with E-state index >= 15 is 0 Å². The molecule has 7 heteroatoms. The molecule has 7 nitrogen and oxygen atoms in total. The Bertz CT molecular complexity index is 578. The second-order valence-electron chi connectivity index (χ2n) is 7.36. The van der Waals surface area contributed by atoms with E-state index in [1.807, 2.05) is 16.0 Å². The number of carbonyl (C=O) groups excluding carboxylic acids is 2. The monoisotopic (exact) mass is 347 g/mol. The minimum atomic E-state index is 0.0553. The van der Waals surface area contributed by atoms with Gasteiger partial charge in [-0.25, -0.2) is 9.78 Å². The summed E-state index contributed by atoms with van der Waals surface area (Å²) >= 11 is 0. The molecule has 2 aliphatic heterocycles. The van der Waals surface area contributed by atoms with E-state index in [2.05, 4.69) is 22.2 Å². The first-order valence-electron chi connectivity index (χ1n) is 9.40. The Morgan fingerprint density at radius 2 is 2.16 bits per heavy atom. The van der Waals surface area contributed by atoms with Crippen LogP contribution in [0.25, 0.3) is 0 Å². The SMILES string of the molecule is CCCNC(=O)N1CCC2(CCC(=O)N(CCc3cnc[nH]3)C2)CC1. The summed E-state index contributed by atoms with van der Waals surface area (Å²) in [5.74, 6) is 0.258. The van der Waals surface area contributed by atoms with Gasteiger partial charge in [-0.2, -0.15) is 0 Å². The van der Waals surface area contributed by atoms with Gasteiger partial charge in [-0.1, -0.05) is 6.92 Å². The van der Waals surface area contributed by atoms with E-state index < -0.39 is 0 Å². The number of urea groups is 1. The van der Waals surface area contributed by atoms with Crippen molar-refractivity contribution in [1.82, 2.24) is 25.1 Å². The molecular formula is C18H29N5O2. The fourth-order valence-corrected chi connectivity index (χ4v) is 3.92. The zero-order valence-corrected chi connectivity index (χ0v) is 15.1. The summed E-state index contributed by atoms with van der Waals surface area (Å²) < 4.78 is 0. The molecule has 0 unspecified atom stereocenters. The van der Waals surface area contributed by atoms with E-state index in [0.717, 1.165) is 70.5 Å². The number of hydrogen-bond acceptors (Lipinski definition) is 3. The highest BCUT2D eigenvalue weighted by Crippen LogP contribution is 2.40. The third-order valence-electron chi connectivity index (χ3n) is 5.59. The van der Waals surface area contributed by atoms with Crippen LogP contribution in [0, 0.1) is 5.41 Å². The van der Waals surface area contributed by atoms with Crippen LogP contribution in [0.2, 0.25) is 0 Å². The Balaban J connectivity index is 1.52. The standard InChI is InChI=1S/C18H29N5O2/c1-2-8-20-17(25)22-10-6-18(7-11-22)5-3-16(24)23(13-18)9-4-15-12-19-14-21-15/h12,14H,2-11,13H2,1H3,(H,19,21)(H,20,25). The van der Waals surface area contributed by atoms with Crippen LogP contribution in [0.5, 0.6) is 0 Å².